The number of rotatable bonds is 11. The predicted octanol–water partition coefficient (Wildman–Crippen LogP) is 6.36. The minimum Gasteiger partial charge on any atom is -0.497 e. The largest absolute Gasteiger partial charge is 0.497 e. The molecule has 4 rings (SSSR count). The van der Waals surface area contributed by atoms with E-state index in [0.29, 0.717) is 23.8 Å². The maximum atomic E-state index is 12.4. The molecule has 0 fully saturated rings. The Bertz CT molecular complexity index is 1260. The molecule has 3 aromatic carbocycles. The number of aromatic nitrogens is 2. The molecule has 0 unspecified atom stereocenters. The van der Waals surface area contributed by atoms with Crippen LogP contribution in [0.1, 0.15) is 66.3 Å². The van der Waals surface area contributed by atoms with Crippen LogP contribution in [-0.2, 0) is 13.0 Å². The van der Waals surface area contributed by atoms with Crippen LogP contribution in [0.5, 0.6) is 5.75 Å². The number of imidazole rings is 1. The zero-order valence-corrected chi connectivity index (χ0v) is 21.0. The summed E-state index contributed by atoms with van der Waals surface area (Å²) in [6.07, 6.45) is 3.92. The Labute approximate surface area is 208 Å². The minimum absolute atomic E-state index is 0.0609. The number of hydrogen-bond acceptors (Lipinski definition) is 3. The second kappa shape index (κ2) is 11.7. The number of hydrogen-bond donors (Lipinski definition) is 1. The third kappa shape index (κ3) is 6.30. The third-order valence-electron chi connectivity index (χ3n) is 6.42. The number of carbonyl (C=O) groups is 1. The molecular formula is C30H35N3O2. The number of aryl methyl sites for hydroxylation is 1. The highest BCUT2D eigenvalue weighted by atomic mass is 16.5. The zero-order valence-electron chi connectivity index (χ0n) is 21.0. The summed E-state index contributed by atoms with van der Waals surface area (Å²) in [5.41, 5.74) is 5.51. The van der Waals surface area contributed by atoms with Gasteiger partial charge in [0.25, 0.3) is 5.91 Å². The Morgan fingerprint density at radius 1 is 0.971 bits per heavy atom. The fourth-order valence-corrected chi connectivity index (χ4v) is 4.34. The zero-order chi connectivity index (χ0) is 24.6. The van der Waals surface area contributed by atoms with E-state index in [2.05, 4.69) is 66.2 Å². The molecule has 0 bridgehead atoms. The molecule has 4 aromatic rings. The molecule has 0 spiro atoms. The Balaban J connectivity index is 1.32. The van der Waals surface area contributed by atoms with E-state index in [0.717, 1.165) is 43.6 Å². The third-order valence-corrected chi connectivity index (χ3v) is 6.42. The van der Waals surface area contributed by atoms with Gasteiger partial charge in [0.1, 0.15) is 11.6 Å². The van der Waals surface area contributed by atoms with Crippen molar-refractivity contribution in [3.8, 4) is 5.75 Å². The van der Waals surface area contributed by atoms with Gasteiger partial charge in [-0.3, -0.25) is 4.79 Å². The van der Waals surface area contributed by atoms with Gasteiger partial charge in [-0.05, 0) is 60.2 Å². The van der Waals surface area contributed by atoms with Gasteiger partial charge in [0.2, 0.25) is 0 Å². The number of para-hydroxylation sites is 2. The first-order valence-corrected chi connectivity index (χ1v) is 12.5. The van der Waals surface area contributed by atoms with Crippen LogP contribution in [0.15, 0.2) is 72.8 Å². The molecule has 1 aromatic heterocycles. The number of benzene rings is 3. The first-order chi connectivity index (χ1) is 17.0. The number of amides is 1. The molecule has 5 nitrogen and oxygen atoms in total. The van der Waals surface area contributed by atoms with Crippen LogP contribution in [0.2, 0.25) is 0 Å². The van der Waals surface area contributed by atoms with Gasteiger partial charge >= 0.3 is 0 Å². The summed E-state index contributed by atoms with van der Waals surface area (Å²) in [5.74, 6) is 2.29. The van der Waals surface area contributed by atoms with Crippen molar-refractivity contribution in [2.75, 3.05) is 13.7 Å². The number of fused-ring (bicyclic) bond motifs is 1. The molecule has 1 heterocycles. The lowest BCUT2D eigenvalue weighted by Gasteiger charge is -2.11. The molecule has 0 radical (unpaired) electrons. The first kappa shape index (κ1) is 24.5. The van der Waals surface area contributed by atoms with Crippen molar-refractivity contribution in [2.24, 2.45) is 0 Å². The summed E-state index contributed by atoms with van der Waals surface area (Å²) in [7, 11) is 1.60. The van der Waals surface area contributed by atoms with E-state index >= 15 is 0 Å². The molecule has 0 atom stereocenters. The quantitative estimate of drug-likeness (QED) is 0.260. The fourth-order valence-electron chi connectivity index (χ4n) is 4.34. The summed E-state index contributed by atoms with van der Waals surface area (Å²) in [6.45, 7) is 5.93. The van der Waals surface area contributed by atoms with Crippen molar-refractivity contribution in [1.82, 2.24) is 14.9 Å². The van der Waals surface area contributed by atoms with E-state index in [-0.39, 0.29) is 5.91 Å². The van der Waals surface area contributed by atoms with Crippen molar-refractivity contribution < 1.29 is 9.53 Å². The summed E-state index contributed by atoms with van der Waals surface area (Å²) >= 11 is 0. The molecule has 182 valence electrons. The number of methoxy groups -OCH3 is 1. The van der Waals surface area contributed by atoms with E-state index < -0.39 is 0 Å². The second-order valence-corrected chi connectivity index (χ2v) is 9.30. The molecule has 0 aliphatic carbocycles. The molecule has 5 heteroatoms. The summed E-state index contributed by atoms with van der Waals surface area (Å²) < 4.78 is 7.55. The molecule has 35 heavy (non-hydrogen) atoms. The van der Waals surface area contributed by atoms with Crippen LogP contribution >= 0.6 is 0 Å². The van der Waals surface area contributed by atoms with Crippen LogP contribution in [0.25, 0.3) is 11.0 Å². The number of carbonyl (C=O) groups excluding carboxylic acids is 1. The maximum Gasteiger partial charge on any atom is 0.251 e. The summed E-state index contributed by atoms with van der Waals surface area (Å²) in [6, 6.07) is 24.5. The van der Waals surface area contributed by atoms with Gasteiger partial charge in [-0.15, -0.1) is 0 Å². The van der Waals surface area contributed by atoms with E-state index in [1.807, 2.05) is 18.2 Å². The fraction of sp³-hybridized carbons (Fsp3) is 0.333. The normalized spacial score (nSPS) is 11.2. The highest BCUT2D eigenvalue weighted by molar-refractivity contribution is 5.94. The van der Waals surface area contributed by atoms with Gasteiger partial charge in [0.05, 0.1) is 18.1 Å². The van der Waals surface area contributed by atoms with Crippen LogP contribution < -0.4 is 10.1 Å². The lowest BCUT2D eigenvalue weighted by molar-refractivity contribution is 0.0952. The van der Waals surface area contributed by atoms with Crippen molar-refractivity contribution in [3.05, 3.63) is 95.3 Å². The van der Waals surface area contributed by atoms with Crippen molar-refractivity contribution in [1.29, 1.82) is 0 Å². The average molecular weight is 470 g/mol. The van der Waals surface area contributed by atoms with E-state index in [1.165, 1.54) is 16.6 Å². The van der Waals surface area contributed by atoms with Crippen LogP contribution in [0, 0.1) is 0 Å². The van der Waals surface area contributed by atoms with Crippen LogP contribution in [-0.4, -0.2) is 29.1 Å². The van der Waals surface area contributed by atoms with E-state index in [1.54, 1.807) is 19.2 Å². The van der Waals surface area contributed by atoms with Crippen molar-refractivity contribution in [3.63, 3.8) is 0 Å². The molecule has 1 amide bonds. The van der Waals surface area contributed by atoms with Crippen molar-refractivity contribution >= 4 is 16.9 Å². The highest BCUT2D eigenvalue weighted by Gasteiger charge is 2.11. The average Bonchev–Trinajstić information content (AvgIpc) is 3.23. The molecule has 0 saturated carbocycles. The van der Waals surface area contributed by atoms with Crippen molar-refractivity contribution in [2.45, 2.75) is 52.0 Å². The van der Waals surface area contributed by atoms with E-state index in [4.69, 9.17) is 9.72 Å². The highest BCUT2D eigenvalue weighted by Crippen LogP contribution is 2.21. The maximum absolute atomic E-state index is 12.4. The number of unbranched alkanes of at least 4 members (excludes halogenated alkanes) is 2. The smallest absolute Gasteiger partial charge is 0.251 e. The lowest BCUT2D eigenvalue weighted by atomic mass is 10.0. The SMILES string of the molecule is COc1cccc(C(=O)NCCCCCc2nc3ccccc3n2Cc2ccc(C(C)C)cc2)c1. The summed E-state index contributed by atoms with van der Waals surface area (Å²) in [5, 5.41) is 3.01. The lowest BCUT2D eigenvalue weighted by Crippen LogP contribution is -2.24. The van der Waals surface area contributed by atoms with Gasteiger partial charge in [-0.2, -0.15) is 0 Å². The van der Waals surface area contributed by atoms with Crippen LogP contribution in [0.3, 0.4) is 0 Å². The summed E-state index contributed by atoms with van der Waals surface area (Å²) in [4.78, 5) is 17.3. The Morgan fingerprint density at radius 3 is 2.54 bits per heavy atom. The first-order valence-electron chi connectivity index (χ1n) is 12.5. The number of nitrogens with one attached hydrogen (secondary N) is 1. The Morgan fingerprint density at radius 2 is 1.77 bits per heavy atom. The predicted molar refractivity (Wildman–Crippen MR) is 142 cm³/mol. The van der Waals surface area contributed by atoms with Gasteiger partial charge in [-0.25, -0.2) is 4.98 Å². The standard InChI is InChI=1S/C30H35N3O2/c1-22(2)24-17-15-23(16-18-24)21-33-28-13-7-6-12-27(28)32-29(33)14-5-4-8-19-31-30(34)25-10-9-11-26(20-25)35-3/h6-7,9-13,15-18,20,22H,4-5,8,14,19,21H2,1-3H3,(H,31,34). The topological polar surface area (TPSA) is 56.1 Å². The van der Waals surface area contributed by atoms with Gasteiger partial charge in [0, 0.05) is 25.1 Å². The Kier molecular flexibility index (Phi) is 8.19. The van der Waals surface area contributed by atoms with Gasteiger partial charge in [-0.1, -0.05) is 62.7 Å². The second-order valence-electron chi connectivity index (χ2n) is 9.30. The molecule has 0 aliphatic heterocycles. The van der Waals surface area contributed by atoms with E-state index in [9.17, 15) is 4.79 Å². The minimum atomic E-state index is -0.0609. The molecule has 0 aliphatic rings. The van der Waals surface area contributed by atoms with Crippen LogP contribution in [0.4, 0.5) is 0 Å². The number of nitrogens with zero attached hydrogens (tertiary/aromatic N) is 2. The van der Waals surface area contributed by atoms with Gasteiger partial charge in [0.15, 0.2) is 0 Å². The Hall–Kier alpha value is -3.60. The molecule has 0 saturated heterocycles. The van der Waals surface area contributed by atoms with Gasteiger partial charge < -0.3 is 14.6 Å². The number of ether oxygens (including phenoxy) is 1. The molecule has 1 N–H and O–H groups in total. The monoisotopic (exact) mass is 469 g/mol. The molecular weight excluding hydrogens is 434 g/mol.